The molecule has 1 unspecified atom stereocenters. The smallest absolute Gasteiger partial charge is 0.337 e. The molecule has 1 atom stereocenters. The number of rotatable bonds is 3. The van der Waals surface area contributed by atoms with E-state index in [9.17, 15) is 9.59 Å². The number of amides is 1. The summed E-state index contributed by atoms with van der Waals surface area (Å²) in [5.41, 5.74) is 0.152. The first-order valence-electron chi connectivity index (χ1n) is 5.65. The predicted molar refractivity (Wildman–Crippen MR) is 68.1 cm³/mol. The van der Waals surface area contributed by atoms with Crippen LogP contribution in [0, 0.1) is 0 Å². The van der Waals surface area contributed by atoms with E-state index < -0.39 is 5.97 Å². The summed E-state index contributed by atoms with van der Waals surface area (Å²) in [4.78, 5) is 23.0. The lowest BCUT2D eigenvalue weighted by Gasteiger charge is -2.14. The van der Waals surface area contributed by atoms with Gasteiger partial charge in [0.05, 0.1) is 22.3 Å². The standard InChI is InChI=1S/C12H13ClN2O3/c13-8-4-1-3-7(12(17)18)10(8)15-11(16)9-5-2-6-14-9/h1,3-4,9,14H,2,5-6H2,(H,15,16)(H,17,18). The van der Waals surface area contributed by atoms with Crippen molar-refractivity contribution < 1.29 is 14.7 Å². The number of nitrogens with one attached hydrogen (secondary N) is 2. The van der Waals surface area contributed by atoms with Crippen molar-refractivity contribution in [3.05, 3.63) is 28.8 Å². The van der Waals surface area contributed by atoms with E-state index in [2.05, 4.69) is 10.6 Å². The Morgan fingerprint density at radius 3 is 2.83 bits per heavy atom. The van der Waals surface area contributed by atoms with Crippen LogP contribution >= 0.6 is 11.6 Å². The number of carbonyl (C=O) groups is 2. The number of halogens is 1. The predicted octanol–water partition coefficient (Wildman–Crippen LogP) is 1.73. The second-order valence-electron chi connectivity index (χ2n) is 4.11. The van der Waals surface area contributed by atoms with Crippen molar-refractivity contribution in [3.63, 3.8) is 0 Å². The molecule has 0 bridgehead atoms. The molecule has 0 radical (unpaired) electrons. The van der Waals surface area contributed by atoms with Crippen molar-refractivity contribution in [2.75, 3.05) is 11.9 Å². The van der Waals surface area contributed by atoms with E-state index in [0.717, 1.165) is 19.4 Å². The number of carboxylic acid groups (broad SMARTS) is 1. The van der Waals surface area contributed by atoms with E-state index in [-0.39, 0.29) is 28.2 Å². The van der Waals surface area contributed by atoms with Crippen molar-refractivity contribution in [1.82, 2.24) is 5.32 Å². The van der Waals surface area contributed by atoms with Gasteiger partial charge in [-0.2, -0.15) is 0 Å². The Morgan fingerprint density at radius 1 is 1.44 bits per heavy atom. The van der Waals surface area contributed by atoms with Gasteiger partial charge >= 0.3 is 5.97 Å². The summed E-state index contributed by atoms with van der Waals surface area (Å²) in [5, 5.41) is 14.9. The van der Waals surface area contributed by atoms with Gasteiger partial charge in [-0.05, 0) is 31.5 Å². The minimum Gasteiger partial charge on any atom is -0.478 e. The van der Waals surface area contributed by atoms with E-state index in [1.807, 2.05) is 0 Å². The monoisotopic (exact) mass is 268 g/mol. The van der Waals surface area contributed by atoms with Gasteiger partial charge in [-0.3, -0.25) is 4.79 Å². The molecule has 1 aliphatic heterocycles. The van der Waals surface area contributed by atoms with Gasteiger partial charge in [-0.15, -0.1) is 0 Å². The van der Waals surface area contributed by atoms with Gasteiger partial charge in [0.15, 0.2) is 0 Å². The third-order valence-electron chi connectivity index (χ3n) is 2.87. The van der Waals surface area contributed by atoms with Crippen LogP contribution in [-0.4, -0.2) is 29.6 Å². The number of hydrogen-bond acceptors (Lipinski definition) is 3. The third-order valence-corrected chi connectivity index (χ3v) is 3.18. The summed E-state index contributed by atoms with van der Waals surface area (Å²) >= 11 is 5.93. The van der Waals surface area contributed by atoms with Crippen LogP contribution < -0.4 is 10.6 Å². The highest BCUT2D eigenvalue weighted by atomic mass is 35.5. The van der Waals surface area contributed by atoms with Crippen LogP contribution in [0.15, 0.2) is 18.2 Å². The Balaban J connectivity index is 2.22. The molecular weight excluding hydrogens is 256 g/mol. The van der Waals surface area contributed by atoms with E-state index >= 15 is 0 Å². The summed E-state index contributed by atoms with van der Waals surface area (Å²) in [6.45, 7) is 0.798. The molecule has 96 valence electrons. The summed E-state index contributed by atoms with van der Waals surface area (Å²) < 4.78 is 0. The lowest BCUT2D eigenvalue weighted by molar-refractivity contribution is -0.117. The fraction of sp³-hybridized carbons (Fsp3) is 0.333. The summed E-state index contributed by atoms with van der Waals surface area (Å²) in [7, 11) is 0. The van der Waals surface area contributed by atoms with Gasteiger partial charge < -0.3 is 15.7 Å². The minimum atomic E-state index is -1.12. The van der Waals surface area contributed by atoms with Crippen molar-refractivity contribution in [3.8, 4) is 0 Å². The van der Waals surface area contributed by atoms with Crippen LogP contribution in [0.25, 0.3) is 0 Å². The molecule has 3 N–H and O–H groups in total. The minimum absolute atomic E-state index is 0.00570. The van der Waals surface area contributed by atoms with Crippen molar-refractivity contribution in [1.29, 1.82) is 0 Å². The van der Waals surface area contributed by atoms with E-state index in [1.54, 1.807) is 6.07 Å². The molecule has 1 amide bonds. The number of para-hydroxylation sites is 1. The van der Waals surface area contributed by atoms with Gasteiger partial charge in [0, 0.05) is 0 Å². The number of carbonyl (C=O) groups excluding carboxylic acids is 1. The van der Waals surface area contributed by atoms with E-state index in [0.29, 0.717) is 0 Å². The van der Waals surface area contributed by atoms with Gasteiger partial charge in [-0.1, -0.05) is 17.7 Å². The average Bonchev–Trinajstić information content (AvgIpc) is 2.85. The summed E-state index contributed by atoms with van der Waals surface area (Å²) in [6.07, 6.45) is 1.69. The molecule has 0 spiro atoms. The molecule has 18 heavy (non-hydrogen) atoms. The van der Waals surface area contributed by atoms with Crippen LogP contribution in [0.2, 0.25) is 5.02 Å². The number of carboxylic acids is 1. The highest BCUT2D eigenvalue weighted by molar-refractivity contribution is 6.34. The molecule has 1 aromatic rings. The molecule has 5 nitrogen and oxygen atoms in total. The number of anilines is 1. The lowest BCUT2D eigenvalue weighted by Crippen LogP contribution is -2.36. The SMILES string of the molecule is O=C(O)c1cccc(Cl)c1NC(=O)C1CCCN1. The number of aromatic carboxylic acids is 1. The largest absolute Gasteiger partial charge is 0.478 e. The maximum atomic E-state index is 11.9. The Morgan fingerprint density at radius 2 is 2.22 bits per heavy atom. The average molecular weight is 269 g/mol. The first-order chi connectivity index (χ1) is 8.59. The fourth-order valence-corrected chi connectivity index (χ4v) is 2.17. The zero-order chi connectivity index (χ0) is 13.1. The van der Waals surface area contributed by atoms with Gasteiger partial charge in [0.2, 0.25) is 5.91 Å². The van der Waals surface area contributed by atoms with Crippen molar-refractivity contribution >= 4 is 29.2 Å². The Bertz CT molecular complexity index is 484. The molecule has 1 fully saturated rings. The Labute approximate surface area is 109 Å². The molecule has 1 aliphatic rings. The molecule has 2 rings (SSSR count). The van der Waals surface area contributed by atoms with Gasteiger partial charge in [0.25, 0.3) is 0 Å². The second kappa shape index (κ2) is 5.37. The quantitative estimate of drug-likeness (QED) is 0.780. The normalized spacial score (nSPS) is 18.6. The Hall–Kier alpha value is -1.59. The van der Waals surface area contributed by atoms with Crippen LogP contribution in [0.5, 0.6) is 0 Å². The van der Waals surface area contributed by atoms with Crippen molar-refractivity contribution in [2.24, 2.45) is 0 Å². The maximum Gasteiger partial charge on any atom is 0.337 e. The number of hydrogen-bond donors (Lipinski definition) is 3. The highest BCUT2D eigenvalue weighted by Crippen LogP contribution is 2.26. The third kappa shape index (κ3) is 2.63. The maximum absolute atomic E-state index is 11.9. The molecule has 1 aromatic carbocycles. The van der Waals surface area contributed by atoms with Gasteiger partial charge in [0.1, 0.15) is 0 Å². The zero-order valence-corrected chi connectivity index (χ0v) is 10.3. The topological polar surface area (TPSA) is 78.4 Å². The van der Waals surface area contributed by atoms with Crippen molar-refractivity contribution in [2.45, 2.75) is 18.9 Å². The van der Waals surface area contributed by atoms with Crippen LogP contribution in [0.3, 0.4) is 0 Å². The molecule has 6 heteroatoms. The first-order valence-corrected chi connectivity index (χ1v) is 6.03. The van der Waals surface area contributed by atoms with Crippen LogP contribution in [0.1, 0.15) is 23.2 Å². The molecule has 0 aliphatic carbocycles. The summed E-state index contributed by atoms with van der Waals surface area (Å²) in [6, 6.07) is 4.22. The first kappa shape index (κ1) is 12.9. The fourth-order valence-electron chi connectivity index (χ4n) is 1.95. The Kier molecular flexibility index (Phi) is 3.84. The highest BCUT2D eigenvalue weighted by Gasteiger charge is 2.24. The van der Waals surface area contributed by atoms with E-state index in [4.69, 9.17) is 16.7 Å². The van der Waals surface area contributed by atoms with E-state index in [1.165, 1.54) is 12.1 Å². The van der Waals surface area contributed by atoms with Gasteiger partial charge in [-0.25, -0.2) is 4.79 Å². The molecule has 1 heterocycles. The number of benzene rings is 1. The molecule has 1 saturated heterocycles. The molecule has 0 aromatic heterocycles. The lowest BCUT2D eigenvalue weighted by atomic mass is 10.1. The second-order valence-corrected chi connectivity index (χ2v) is 4.51. The molecule has 0 saturated carbocycles. The van der Waals surface area contributed by atoms with Crippen LogP contribution in [0.4, 0.5) is 5.69 Å². The van der Waals surface area contributed by atoms with Crippen LogP contribution in [-0.2, 0) is 4.79 Å². The summed E-state index contributed by atoms with van der Waals surface area (Å²) in [5.74, 6) is -1.37. The zero-order valence-electron chi connectivity index (χ0n) is 9.57. The molecular formula is C12H13ClN2O3.